The topological polar surface area (TPSA) is 98.3 Å². The SMILES string of the molecule is O=C(Cc1cc(-c2cccs2)on1)Nc1ccc(F)c([N+](=O)[O-])c1. The number of nitrogens with one attached hydrogen (secondary N) is 1. The number of hydrogen-bond acceptors (Lipinski definition) is 6. The fourth-order valence-electron chi connectivity index (χ4n) is 2.03. The van der Waals surface area contributed by atoms with Crippen molar-refractivity contribution >= 4 is 28.6 Å². The minimum atomic E-state index is -0.963. The summed E-state index contributed by atoms with van der Waals surface area (Å²) in [5, 5.41) is 18.9. The minimum absolute atomic E-state index is 0.0694. The van der Waals surface area contributed by atoms with Gasteiger partial charge in [-0.1, -0.05) is 11.2 Å². The van der Waals surface area contributed by atoms with Crippen molar-refractivity contribution in [2.45, 2.75) is 6.42 Å². The molecule has 1 aromatic carbocycles. The number of aromatic nitrogens is 1. The molecule has 0 fully saturated rings. The van der Waals surface area contributed by atoms with E-state index in [9.17, 15) is 19.3 Å². The van der Waals surface area contributed by atoms with Crippen molar-refractivity contribution in [2.24, 2.45) is 0 Å². The zero-order valence-corrected chi connectivity index (χ0v) is 12.9. The normalized spacial score (nSPS) is 10.5. The first-order valence-electron chi connectivity index (χ1n) is 6.76. The summed E-state index contributed by atoms with van der Waals surface area (Å²) >= 11 is 1.48. The highest BCUT2D eigenvalue weighted by Gasteiger charge is 2.16. The molecule has 2 heterocycles. The molecule has 0 aliphatic heterocycles. The van der Waals surface area contributed by atoms with Crippen LogP contribution in [0.4, 0.5) is 15.8 Å². The molecule has 0 bridgehead atoms. The van der Waals surface area contributed by atoms with E-state index in [0.717, 1.165) is 17.0 Å². The first-order chi connectivity index (χ1) is 11.5. The quantitative estimate of drug-likeness (QED) is 0.561. The molecule has 2 aromatic heterocycles. The van der Waals surface area contributed by atoms with Crippen LogP contribution in [-0.2, 0) is 11.2 Å². The molecule has 24 heavy (non-hydrogen) atoms. The van der Waals surface area contributed by atoms with E-state index >= 15 is 0 Å². The van der Waals surface area contributed by atoms with Gasteiger partial charge in [-0.3, -0.25) is 14.9 Å². The number of halogens is 1. The Morgan fingerprint density at radius 3 is 2.92 bits per heavy atom. The maximum absolute atomic E-state index is 13.3. The van der Waals surface area contributed by atoms with Crippen molar-refractivity contribution in [3.8, 4) is 10.6 Å². The molecular formula is C15H10FN3O4S. The Morgan fingerprint density at radius 1 is 1.38 bits per heavy atom. The van der Waals surface area contributed by atoms with Gasteiger partial charge in [-0.15, -0.1) is 11.3 Å². The number of thiophene rings is 1. The second-order valence-electron chi connectivity index (χ2n) is 4.81. The molecule has 0 atom stereocenters. The largest absolute Gasteiger partial charge is 0.355 e. The van der Waals surface area contributed by atoms with Crippen molar-refractivity contribution in [3.63, 3.8) is 0 Å². The van der Waals surface area contributed by atoms with Crippen LogP contribution < -0.4 is 5.32 Å². The molecule has 7 nitrogen and oxygen atoms in total. The number of carbonyl (C=O) groups excluding carboxylic acids is 1. The van der Waals surface area contributed by atoms with Gasteiger partial charge in [-0.2, -0.15) is 4.39 Å². The summed E-state index contributed by atoms with van der Waals surface area (Å²) in [6.45, 7) is 0. The monoisotopic (exact) mass is 347 g/mol. The van der Waals surface area contributed by atoms with E-state index in [1.165, 1.54) is 17.4 Å². The number of anilines is 1. The van der Waals surface area contributed by atoms with Crippen LogP contribution in [-0.4, -0.2) is 16.0 Å². The first kappa shape index (κ1) is 15.8. The predicted molar refractivity (Wildman–Crippen MR) is 85.2 cm³/mol. The van der Waals surface area contributed by atoms with Crippen molar-refractivity contribution in [2.75, 3.05) is 5.32 Å². The highest BCUT2D eigenvalue weighted by atomic mass is 32.1. The third-order valence-corrected chi connectivity index (χ3v) is 3.98. The molecule has 0 aliphatic rings. The molecule has 122 valence electrons. The predicted octanol–water partition coefficient (Wildman–Crippen LogP) is 3.63. The Labute approximate surface area is 138 Å². The first-order valence-corrected chi connectivity index (χ1v) is 7.64. The average molecular weight is 347 g/mol. The number of carbonyl (C=O) groups is 1. The lowest BCUT2D eigenvalue weighted by Gasteiger charge is -2.04. The molecule has 0 aliphatic carbocycles. The van der Waals surface area contributed by atoms with Crippen LogP contribution in [0.5, 0.6) is 0 Å². The number of nitro benzene ring substituents is 1. The van der Waals surface area contributed by atoms with Gasteiger partial charge < -0.3 is 9.84 Å². The van der Waals surface area contributed by atoms with E-state index in [0.29, 0.717) is 11.5 Å². The van der Waals surface area contributed by atoms with Crippen molar-refractivity contribution in [3.05, 3.63) is 63.4 Å². The molecule has 3 aromatic rings. The van der Waals surface area contributed by atoms with E-state index in [4.69, 9.17) is 4.52 Å². The Morgan fingerprint density at radius 2 is 2.21 bits per heavy atom. The third-order valence-electron chi connectivity index (χ3n) is 3.09. The Kier molecular flexibility index (Phi) is 4.34. The molecule has 0 radical (unpaired) electrons. The lowest BCUT2D eigenvalue weighted by atomic mass is 10.2. The van der Waals surface area contributed by atoms with Gasteiger partial charge in [-0.25, -0.2) is 0 Å². The van der Waals surface area contributed by atoms with Crippen LogP contribution in [0.1, 0.15) is 5.69 Å². The van der Waals surface area contributed by atoms with E-state index in [1.54, 1.807) is 6.07 Å². The number of rotatable bonds is 5. The standard InChI is InChI=1S/C15H10FN3O4S/c16-11-4-3-9(6-12(11)19(21)22)17-15(20)8-10-7-13(23-18-10)14-2-1-5-24-14/h1-7H,8H2,(H,17,20). The van der Waals surface area contributed by atoms with E-state index < -0.39 is 22.3 Å². The maximum Gasteiger partial charge on any atom is 0.306 e. The summed E-state index contributed by atoms with van der Waals surface area (Å²) in [6.07, 6.45) is -0.0694. The zero-order valence-electron chi connectivity index (χ0n) is 12.1. The molecule has 9 heteroatoms. The molecule has 3 rings (SSSR count). The Hall–Kier alpha value is -3.07. The lowest BCUT2D eigenvalue weighted by Crippen LogP contribution is -2.14. The Bertz CT molecular complexity index is 892. The van der Waals surface area contributed by atoms with Gasteiger partial charge >= 0.3 is 5.69 Å². The van der Waals surface area contributed by atoms with Crippen LogP contribution in [0.15, 0.2) is 46.3 Å². The average Bonchev–Trinajstić information content (AvgIpc) is 3.19. The summed E-state index contributed by atoms with van der Waals surface area (Å²) in [5.41, 5.74) is -0.142. The van der Waals surface area contributed by atoms with Gasteiger partial charge in [0.05, 0.1) is 21.9 Å². The van der Waals surface area contributed by atoms with Crippen molar-refractivity contribution < 1.29 is 18.6 Å². The number of amides is 1. The summed E-state index contributed by atoms with van der Waals surface area (Å²) in [4.78, 5) is 22.7. The summed E-state index contributed by atoms with van der Waals surface area (Å²) in [5.74, 6) is -0.845. The van der Waals surface area contributed by atoms with Crippen LogP contribution >= 0.6 is 11.3 Å². The van der Waals surface area contributed by atoms with E-state index in [1.807, 2.05) is 17.5 Å². The third kappa shape index (κ3) is 3.46. The summed E-state index contributed by atoms with van der Waals surface area (Å²) < 4.78 is 18.4. The lowest BCUT2D eigenvalue weighted by molar-refractivity contribution is -0.387. The van der Waals surface area contributed by atoms with E-state index in [2.05, 4.69) is 10.5 Å². The van der Waals surface area contributed by atoms with Crippen LogP contribution in [0.3, 0.4) is 0 Å². The second-order valence-corrected chi connectivity index (χ2v) is 5.76. The molecule has 1 N–H and O–H groups in total. The van der Waals surface area contributed by atoms with Gasteiger partial charge in [0.25, 0.3) is 0 Å². The van der Waals surface area contributed by atoms with Gasteiger partial charge in [-0.05, 0) is 23.6 Å². The van der Waals surface area contributed by atoms with Crippen LogP contribution in [0.2, 0.25) is 0 Å². The fraction of sp³-hybridized carbons (Fsp3) is 0.0667. The molecular weight excluding hydrogens is 337 g/mol. The summed E-state index contributed by atoms with van der Waals surface area (Å²) in [7, 11) is 0. The minimum Gasteiger partial charge on any atom is -0.355 e. The van der Waals surface area contributed by atoms with E-state index in [-0.39, 0.29) is 12.1 Å². The summed E-state index contributed by atoms with van der Waals surface area (Å²) in [6, 6.07) is 8.54. The maximum atomic E-state index is 13.3. The van der Waals surface area contributed by atoms with Crippen LogP contribution in [0, 0.1) is 15.9 Å². The molecule has 0 spiro atoms. The fourth-order valence-corrected chi connectivity index (χ4v) is 2.70. The van der Waals surface area contributed by atoms with Crippen LogP contribution in [0.25, 0.3) is 10.6 Å². The second kappa shape index (κ2) is 6.59. The smallest absolute Gasteiger partial charge is 0.306 e. The Balaban J connectivity index is 1.68. The van der Waals surface area contributed by atoms with Gasteiger partial charge in [0.1, 0.15) is 0 Å². The highest BCUT2D eigenvalue weighted by Crippen LogP contribution is 2.25. The number of nitro groups is 1. The number of nitrogens with zero attached hydrogens (tertiary/aromatic N) is 2. The molecule has 0 unspecified atom stereocenters. The number of hydrogen-bond donors (Lipinski definition) is 1. The zero-order chi connectivity index (χ0) is 17.1. The molecule has 0 saturated heterocycles. The van der Waals surface area contributed by atoms with Gasteiger partial charge in [0.15, 0.2) is 5.76 Å². The molecule has 1 amide bonds. The highest BCUT2D eigenvalue weighted by molar-refractivity contribution is 7.13. The van der Waals surface area contributed by atoms with Gasteiger partial charge in [0.2, 0.25) is 11.7 Å². The molecule has 0 saturated carbocycles. The van der Waals surface area contributed by atoms with Crippen molar-refractivity contribution in [1.29, 1.82) is 0 Å². The van der Waals surface area contributed by atoms with Gasteiger partial charge in [0, 0.05) is 17.8 Å². The number of benzene rings is 1. The van der Waals surface area contributed by atoms with Crippen molar-refractivity contribution in [1.82, 2.24) is 5.16 Å².